The smallest absolute Gasteiger partial charge is 0.336 e. The minimum absolute atomic E-state index is 0.414. The fraction of sp³-hybridized carbons (Fsp3) is 0. The second-order valence-corrected chi connectivity index (χ2v) is 4.54. The van der Waals surface area contributed by atoms with E-state index in [2.05, 4.69) is 5.32 Å². The molecule has 0 bridgehead atoms. The maximum atomic E-state index is 12.7. The first-order valence-electron chi connectivity index (χ1n) is 8.45. The highest BCUT2D eigenvalue weighted by Gasteiger charge is 2.16. The predicted octanol–water partition coefficient (Wildman–Crippen LogP) is 3.79. The molecule has 3 aromatic rings. The lowest BCUT2D eigenvalue weighted by Gasteiger charge is -2.10. The fourth-order valence-electron chi connectivity index (χ4n) is 2.16. The van der Waals surface area contributed by atoms with Gasteiger partial charge in [-0.25, -0.2) is 4.79 Å². The Morgan fingerprint density at radius 1 is 0.955 bits per heavy atom. The Morgan fingerprint density at radius 3 is 2.41 bits per heavy atom. The number of carbonyl (C=O) groups is 2. The molecule has 3 aromatic carbocycles. The Morgan fingerprint density at radius 2 is 1.64 bits per heavy atom. The first kappa shape index (κ1) is 9.73. The zero-order valence-electron chi connectivity index (χ0n) is 15.3. The number of rotatable bonds is 3. The van der Waals surface area contributed by atoms with Gasteiger partial charge in [-0.2, -0.15) is 0 Å². The molecule has 2 N–H and O–H groups in total. The predicted molar refractivity (Wildman–Crippen MR) is 85.3 cm³/mol. The highest BCUT2D eigenvalue weighted by molar-refractivity contribution is 6.13. The standard InChI is InChI=1S/C18H13NO3/c20-17(14-9-3-4-10-15(14)18(21)22)19-16-11-5-7-12-6-1-2-8-13(12)16/h1-11H,(H,19,20)(H,21,22)/i3D,4D,9D,10D. The summed E-state index contributed by atoms with van der Waals surface area (Å²) in [6, 6.07) is 9.63. The molecular weight excluding hydrogens is 278 g/mol. The normalized spacial score (nSPS) is 12.9. The number of aromatic carboxylic acids is 1. The van der Waals surface area contributed by atoms with Crippen LogP contribution < -0.4 is 5.32 Å². The van der Waals surface area contributed by atoms with Crippen molar-refractivity contribution >= 4 is 28.3 Å². The SMILES string of the molecule is [2H]c1c([2H])c([2H])c(C(=O)Nc2cccc3ccccc23)c(C(=O)O)c1[2H]. The van der Waals surface area contributed by atoms with Gasteiger partial charge in [0.15, 0.2) is 0 Å². The quantitative estimate of drug-likeness (QED) is 0.772. The van der Waals surface area contributed by atoms with Crippen LogP contribution in [0.3, 0.4) is 0 Å². The minimum atomic E-state index is -1.60. The van der Waals surface area contributed by atoms with E-state index in [1.54, 1.807) is 24.3 Å². The zero-order chi connectivity index (χ0) is 19.0. The van der Waals surface area contributed by atoms with E-state index in [1.165, 1.54) is 0 Å². The van der Waals surface area contributed by atoms with E-state index < -0.39 is 47.2 Å². The van der Waals surface area contributed by atoms with Gasteiger partial charge in [0.05, 0.1) is 16.6 Å². The maximum absolute atomic E-state index is 12.7. The first-order valence-corrected chi connectivity index (χ1v) is 6.45. The molecular formula is C18H13NO3. The van der Waals surface area contributed by atoms with Crippen molar-refractivity contribution in [2.45, 2.75) is 0 Å². The summed E-state index contributed by atoms with van der Waals surface area (Å²) in [6.45, 7) is 0. The van der Waals surface area contributed by atoms with Gasteiger partial charge in [-0.05, 0) is 23.5 Å². The van der Waals surface area contributed by atoms with Crippen LogP contribution in [0.15, 0.2) is 66.6 Å². The van der Waals surface area contributed by atoms with E-state index in [4.69, 9.17) is 5.48 Å². The van der Waals surface area contributed by atoms with Gasteiger partial charge >= 0.3 is 5.97 Å². The summed E-state index contributed by atoms with van der Waals surface area (Å²) in [6.07, 6.45) is 0. The van der Waals surface area contributed by atoms with Crippen LogP contribution in [0.1, 0.15) is 26.2 Å². The summed E-state index contributed by atoms with van der Waals surface area (Å²) in [5, 5.41) is 13.5. The third-order valence-corrected chi connectivity index (χ3v) is 3.17. The van der Waals surface area contributed by atoms with E-state index >= 15 is 0 Å². The van der Waals surface area contributed by atoms with Crippen LogP contribution in [-0.4, -0.2) is 17.0 Å². The molecule has 0 heterocycles. The number of carboxylic acids is 1. The number of hydrogen-bond acceptors (Lipinski definition) is 2. The summed E-state index contributed by atoms with van der Waals surface area (Å²) in [5.41, 5.74) is -0.943. The first-order chi connectivity index (χ1) is 12.3. The van der Waals surface area contributed by atoms with Crippen molar-refractivity contribution in [1.82, 2.24) is 0 Å². The topological polar surface area (TPSA) is 66.4 Å². The molecule has 0 saturated heterocycles. The molecule has 0 aliphatic carbocycles. The van der Waals surface area contributed by atoms with Crippen LogP contribution in [0, 0.1) is 0 Å². The van der Waals surface area contributed by atoms with Gasteiger partial charge in [0.25, 0.3) is 5.91 Å². The summed E-state index contributed by atoms with van der Waals surface area (Å²) in [7, 11) is 0. The van der Waals surface area contributed by atoms with E-state index in [1.807, 2.05) is 18.2 Å². The maximum Gasteiger partial charge on any atom is 0.336 e. The molecule has 0 aliphatic heterocycles. The van der Waals surface area contributed by atoms with Gasteiger partial charge in [0.1, 0.15) is 0 Å². The number of benzene rings is 3. The van der Waals surface area contributed by atoms with E-state index in [-0.39, 0.29) is 0 Å². The van der Waals surface area contributed by atoms with Crippen LogP contribution in [0.25, 0.3) is 10.8 Å². The van der Waals surface area contributed by atoms with Crippen molar-refractivity contribution in [2.75, 3.05) is 5.32 Å². The average molecular weight is 295 g/mol. The third kappa shape index (κ3) is 2.54. The molecule has 108 valence electrons. The number of amides is 1. The Kier molecular flexibility index (Phi) is 2.52. The van der Waals surface area contributed by atoms with Gasteiger partial charge in [0, 0.05) is 11.1 Å². The van der Waals surface area contributed by atoms with Crippen molar-refractivity contribution in [1.29, 1.82) is 0 Å². The third-order valence-electron chi connectivity index (χ3n) is 3.17. The van der Waals surface area contributed by atoms with E-state index in [0.717, 1.165) is 10.8 Å². The molecule has 0 aromatic heterocycles. The molecule has 0 saturated carbocycles. The average Bonchev–Trinajstić information content (AvgIpc) is 2.62. The molecule has 0 aliphatic rings. The molecule has 4 heteroatoms. The largest absolute Gasteiger partial charge is 0.478 e. The number of anilines is 1. The highest BCUT2D eigenvalue weighted by Crippen LogP contribution is 2.23. The van der Waals surface area contributed by atoms with Crippen LogP contribution in [0.5, 0.6) is 0 Å². The summed E-state index contributed by atoms with van der Waals surface area (Å²) in [5.74, 6) is -2.51. The van der Waals surface area contributed by atoms with Crippen molar-refractivity contribution in [3.8, 4) is 0 Å². The van der Waals surface area contributed by atoms with Gasteiger partial charge in [-0.3, -0.25) is 4.79 Å². The lowest BCUT2D eigenvalue weighted by atomic mass is 10.1. The molecule has 22 heavy (non-hydrogen) atoms. The number of nitrogens with one attached hydrogen (secondary N) is 1. The van der Waals surface area contributed by atoms with Crippen LogP contribution in [0.2, 0.25) is 0 Å². The van der Waals surface area contributed by atoms with Crippen LogP contribution in [0.4, 0.5) is 5.69 Å². The molecule has 4 nitrogen and oxygen atoms in total. The molecule has 3 rings (SSSR count). The molecule has 0 radical (unpaired) electrons. The summed E-state index contributed by atoms with van der Waals surface area (Å²) < 4.78 is 31.0. The van der Waals surface area contributed by atoms with Gasteiger partial charge < -0.3 is 10.4 Å². The highest BCUT2D eigenvalue weighted by atomic mass is 16.4. The number of carbonyl (C=O) groups excluding carboxylic acids is 1. The van der Waals surface area contributed by atoms with E-state index in [9.17, 15) is 14.7 Å². The second kappa shape index (κ2) is 5.69. The van der Waals surface area contributed by atoms with Gasteiger partial charge in [-0.1, -0.05) is 48.5 Å². The molecule has 0 atom stereocenters. The molecule has 0 spiro atoms. The Hall–Kier alpha value is -3.14. The zero-order valence-corrected chi connectivity index (χ0v) is 11.3. The van der Waals surface area contributed by atoms with Crippen molar-refractivity contribution in [3.63, 3.8) is 0 Å². The second-order valence-electron chi connectivity index (χ2n) is 4.54. The Balaban J connectivity index is 2.15. The Labute approximate surface area is 132 Å². The lowest BCUT2D eigenvalue weighted by molar-refractivity contribution is 0.0692. The summed E-state index contributed by atoms with van der Waals surface area (Å²) in [4.78, 5) is 24.2. The fourth-order valence-corrected chi connectivity index (χ4v) is 2.16. The van der Waals surface area contributed by atoms with Crippen molar-refractivity contribution in [3.05, 3.63) is 77.8 Å². The van der Waals surface area contributed by atoms with E-state index in [0.29, 0.717) is 5.69 Å². The minimum Gasteiger partial charge on any atom is -0.478 e. The van der Waals surface area contributed by atoms with Crippen molar-refractivity contribution in [2.24, 2.45) is 0 Å². The van der Waals surface area contributed by atoms with Crippen LogP contribution >= 0.6 is 0 Å². The summed E-state index contributed by atoms with van der Waals surface area (Å²) >= 11 is 0. The number of hydrogen-bond donors (Lipinski definition) is 2. The number of carboxylic acid groups (broad SMARTS) is 1. The van der Waals surface area contributed by atoms with Crippen molar-refractivity contribution < 1.29 is 20.2 Å². The molecule has 1 amide bonds. The number of fused-ring (bicyclic) bond motifs is 1. The Bertz CT molecular complexity index is 1060. The monoisotopic (exact) mass is 295 g/mol. The van der Waals surface area contributed by atoms with Gasteiger partial charge in [0.2, 0.25) is 0 Å². The van der Waals surface area contributed by atoms with Crippen LogP contribution in [-0.2, 0) is 0 Å². The van der Waals surface area contributed by atoms with Gasteiger partial charge in [-0.15, -0.1) is 0 Å². The lowest BCUT2D eigenvalue weighted by Crippen LogP contribution is -2.16. The molecule has 0 fully saturated rings. The molecule has 0 unspecified atom stereocenters.